The molecule has 0 aliphatic carbocycles. The predicted molar refractivity (Wildman–Crippen MR) is 76.0 cm³/mol. The maximum atomic E-state index is 12.5. The maximum absolute atomic E-state index is 12.5. The average Bonchev–Trinajstić information content (AvgIpc) is 2.53. The van der Waals surface area contributed by atoms with Gasteiger partial charge in [-0.05, 0) is 25.3 Å². The molecule has 0 unspecified atom stereocenters. The van der Waals surface area contributed by atoms with Crippen molar-refractivity contribution in [3.8, 4) is 5.75 Å². The van der Waals surface area contributed by atoms with Crippen LogP contribution in [0.4, 0.5) is 5.69 Å². The summed E-state index contributed by atoms with van der Waals surface area (Å²) in [5, 5.41) is 20.1. The van der Waals surface area contributed by atoms with Crippen molar-refractivity contribution in [3.05, 3.63) is 33.9 Å². The molecule has 8 nitrogen and oxygen atoms in total. The van der Waals surface area contributed by atoms with Gasteiger partial charge in [-0.2, -0.15) is 0 Å². The summed E-state index contributed by atoms with van der Waals surface area (Å²) in [6, 6.07) is 2.92. The largest absolute Gasteiger partial charge is 0.490 e. The number of carbonyl (C=O) groups is 2. The highest BCUT2D eigenvalue weighted by Gasteiger charge is 2.33. The smallest absolute Gasteiger partial charge is 0.326 e. The first kappa shape index (κ1) is 15.7. The molecule has 1 N–H and O–H groups in total. The minimum Gasteiger partial charge on any atom is -0.490 e. The second-order valence-electron chi connectivity index (χ2n) is 4.99. The molecule has 0 bridgehead atoms. The van der Waals surface area contributed by atoms with Crippen LogP contribution in [-0.2, 0) is 4.79 Å². The summed E-state index contributed by atoms with van der Waals surface area (Å²) in [4.78, 5) is 35.3. The van der Waals surface area contributed by atoms with Crippen molar-refractivity contribution >= 4 is 17.6 Å². The Morgan fingerprint density at radius 3 is 2.73 bits per heavy atom. The second-order valence-corrected chi connectivity index (χ2v) is 4.99. The zero-order valence-corrected chi connectivity index (χ0v) is 12.0. The number of ether oxygens (including phenoxy) is 1. The Hall–Kier alpha value is -2.64. The summed E-state index contributed by atoms with van der Waals surface area (Å²) in [7, 11) is 1.28. The Labute approximate surface area is 126 Å². The van der Waals surface area contributed by atoms with Crippen molar-refractivity contribution in [2.75, 3.05) is 13.7 Å². The van der Waals surface area contributed by atoms with E-state index in [4.69, 9.17) is 4.74 Å². The number of nitro groups is 1. The first-order valence-electron chi connectivity index (χ1n) is 6.82. The molecule has 1 aliphatic heterocycles. The van der Waals surface area contributed by atoms with Crippen LogP contribution in [0.2, 0.25) is 0 Å². The van der Waals surface area contributed by atoms with Crippen molar-refractivity contribution in [2.45, 2.75) is 25.3 Å². The van der Waals surface area contributed by atoms with Crippen molar-refractivity contribution in [1.29, 1.82) is 0 Å². The van der Waals surface area contributed by atoms with E-state index in [1.807, 2.05) is 0 Å². The summed E-state index contributed by atoms with van der Waals surface area (Å²) in [6.07, 6.45) is 1.90. The highest BCUT2D eigenvalue weighted by molar-refractivity contribution is 5.97. The van der Waals surface area contributed by atoms with Crippen LogP contribution >= 0.6 is 0 Å². The first-order chi connectivity index (χ1) is 10.5. The topological polar surface area (TPSA) is 110 Å². The van der Waals surface area contributed by atoms with Gasteiger partial charge in [0.15, 0.2) is 5.75 Å². The highest BCUT2D eigenvalue weighted by atomic mass is 16.6. The second kappa shape index (κ2) is 6.42. The molecule has 1 atom stereocenters. The van der Waals surface area contributed by atoms with Crippen molar-refractivity contribution < 1.29 is 24.4 Å². The monoisotopic (exact) mass is 308 g/mol. The Balaban J connectivity index is 2.32. The molecular formula is C14H16N2O6. The van der Waals surface area contributed by atoms with Crippen LogP contribution in [0.3, 0.4) is 0 Å². The molecule has 1 aliphatic rings. The van der Waals surface area contributed by atoms with Gasteiger partial charge < -0.3 is 14.7 Å². The van der Waals surface area contributed by atoms with E-state index >= 15 is 0 Å². The molecule has 0 saturated carbocycles. The van der Waals surface area contributed by atoms with Crippen LogP contribution in [0.25, 0.3) is 0 Å². The van der Waals surface area contributed by atoms with Crippen molar-refractivity contribution in [1.82, 2.24) is 4.90 Å². The molecule has 1 saturated heterocycles. The number of rotatable bonds is 4. The zero-order valence-electron chi connectivity index (χ0n) is 12.0. The molecule has 1 heterocycles. The quantitative estimate of drug-likeness (QED) is 0.669. The molecule has 0 radical (unpaired) electrons. The minimum atomic E-state index is -1.04. The lowest BCUT2D eigenvalue weighted by molar-refractivity contribution is -0.385. The van der Waals surface area contributed by atoms with Crippen LogP contribution in [0.1, 0.15) is 29.6 Å². The van der Waals surface area contributed by atoms with E-state index in [0.29, 0.717) is 13.0 Å². The van der Waals surface area contributed by atoms with E-state index in [9.17, 15) is 24.8 Å². The SMILES string of the molecule is COc1cc(C(=O)N2CCCC[C@@H]2C(=O)O)ccc1[N+](=O)[O-]. The molecule has 1 fully saturated rings. The van der Waals surface area contributed by atoms with Gasteiger partial charge in [-0.3, -0.25) is 14.9 Å². The number of hydrogen-bond acceptors (Lipinski definition) is 5. The number of hydrogen-bond donors (Lipinski definition) is 1. The molecule has 2 rings (SSSR count). The number of amides is 1. The lowest BCUT2D eigenvalue weighted by Gasteiger charge is -2.33. The van der Waals surface area contributed by atoms with Gasteiger partial charge in [-0.1, -0.05) is 0 Å². The number of nitro benzene ring substituents is 1. The van der Waals surface area contributed by atoms with E-state index in [1.54, 1.807) is 0 Å². The van der Waals surface area contributed by atoms with E-state index in [-0.39, 0.29) is 17.0 Å². The molecule has 22 heavy (non-hydrogen) atoms. The van der Waals surface area contributed by atoms with Gasteiger partial charge in [0.05, 0.1) is 12.0 Å². The Bertz CT molecular complexity index is 615. The third kappa shape index (κ3) is 3.00. The predicted octanol–water partition coefficient (Wildman–Crippen LogP) is 1.68. The number of aliphatic carboxylic acids is 1. The summed E-state index contributed by atoms with van der Waals surface area (Å²) < 4.78 is 4.93. The van der Waals surface area contributed by atoms with Gasteiger partial charge in [-0.25, -0.2) is 4.79 Å². The van der Waals surface area contributed by atoms with Gasteiger partial charge in [0, 0.05) is 24.2 Å². The fourth-order valence-corrected chi connectivity index (χ4v) is 2.56. The Kier molecular flexibility index (Phi) is 4.59. The Morgan fingerprint density at radius 2 is 2.14 bits per heavy atom. The molecule has 118 valence electrons. The number of benzene rings is 1. The normalized spacial score (nSPS) is 17.9. The molecule has 0 aromatic heterocycles. The number of piperidine rings is 1. The van der Waals surface area contributed by atoms with Crippen LogP contribution in [-0.4, -0.2) is 46.5 Å². The lowest BCUT2D eigenvalue weighted by Crippen LogP contribution is -2.47. The highest BCUT2D eigenvalue weighted by Crippen LogP contribution is 2.29. The summed E-state index contributed by atoms with van der Waals surface area (Å²) in [5.74, 6) is -1.53. The number of methoxy groups -OCH3 is 1. The fourth-order valence-electron chi connectivity index (χ4n) is 2.56. The molecule has 1 amide bonds. The van der Waals surface area contributed by atoms with Gasteiger partial charge in [0.1, 0.15) is 6.04 Å². The van der Waals surface area contributed by atoms with E-state index < -0.39 is 22.8 Å². The summed E-state index contributed by atoms with van der Waals surface area (Å²) in [5.41, 5.74) is -0.0666. The fraction of sp³-hybridized carbons (Fsp3) is 0.429. The zero-order chi connectivity index (χ0) is 16.3. The van der Waals surface area contributed by atoms with Crippen LogP contribution in [0.15, 0.2) is 18.2 Å². The Morgan fingerprint density at radius 1 is 1.41 bits per heavy atom. The average molecular weight is 308 g/mol. The third-order valence-corrected chi connectivity index (χ3v) is 3.67. The molecule has 1 aromatic carbocycles. The third-order valence-electron chi connectivity index (χ3n) is 3.67. The van der Waals surface area contributed by atoms with E-state index in [1.165, 1.54) is 30.2 Å². The summed E-state index contributed by atoms with van der Waals surface area (Å²) in [6.45, 7) is 0.356. The summed E-state index contributed by atoms with van der Waals surface area (Å²) >= 11 is 0. The van der Waals surface area contributed by atoms with Gasteiger partial charge in [0.25, 0.3) is 5.91 Å². The van der Waals surface area contributed by atoms with Crippen molar-refractivity contribution in [2.24, 2.45) is 0 Å². The van der Waals surface area contributed by atoms with Gasteiger partial charge in [-0.15, -0.1) is 0 Å². The van der Waals surface area contributed by atoms with E-state index in [2.05, 4.69) is 0 Å². The van der Waals surface area contributed by atoms with Crippen LogP contribution in [0, 0.1) is 10.1 Å². The standard InChI is InChI=1S/C14H16N2O6/c1-22-12-8-9(5-6-10(12)16(20)21)13(17)15-7-3-2-4-11(15)14(18)19/h5-6,8,11H,2-4,7H2,1H3,(H,18,19)/t11-/m1/s1. The number of carbonyl (C=O) groups excluding carboxylic acids is 1. The van der Waals surface area contributed by atoms with Crippen molar-refractivity contribution in [3.63, 3.8) is 0 Å². The first-order valence-corrected chi connectivity index (χ1v) is 6.82. The van der Waals surface area contributed by atoms with Crippen LogP contribution in [0.5, 0.6) is 5.75 Å². The van der Waals surface area contributed by atoms with Gasteiger partial charge in [0.2, 0.25) is 0 Å². The molecule has 1 aromatic rings. The van der Waals surface area contributed by atoms with E-state index in [0.717, 1.165) is 12.8 Å². The van der Waals surface area contributed by atoms with Gasteiger partial charge >= 0.3 is 11.7 Å². The lowest BCUT2D eigenvalue weighted by atomic mass is 10.0. The number of likely N-dealkylation sites (tertiary alicyclic amines) is 1. The minimum absolute atomic E-state index is 0.0280. The molecule has 8 heteroatoms. The van der Waals surface area contributed by atoms with Crippen LogP contribution < -0.4 is 4.74 Å². The maximum Gasteiger partial charge on any atom is 0.326 e. The molecule has 0 spiro atoms. The number of nitrogens with zero attached hydrogens (tertiary/aromatic N) is 2. The number of carboxylic acid groups (broad SMARTS) is 1. The number of carboxylic acids is 1. The molecular weight excluding hydrogens is 292 g/mol.